The molecule has 0 unspecified atom stereocenters. The Balaban J connectivity index is 2.58. The molecule has 3 heteroatoms. The second-order valence-electron chi connectivity index (χ2n) is 4.66. The van der Waals surface area contributed by atoms with Crippen molar-refractivity contribution in [1.82, 2.24) is 4.90 Å². The fourth-order valence-corrected chi connectivity index (χ4v) is 1.55. The summed E-state index contributed by atoms with van der Waals surface area (Å²) in [7, 11) is 1.81. The molecule has 0 saturated carbocycles. The van der Waals surface area contributed by atoms with E-state index in [-0.39, 0.29) is 5.91 Å². The fraction of sp³-hybridized carbons (Fsp3) is 0.429. The number of hydrogen-bond acceptors (Lipinski definition) is 2. The standard InChI is InChI=1S/C14H18N2O/c1-11(2)8-14(17)16(3)10-13-6-4-12(9-15)5-7-13/h4-7,11H,8,10H2,1-3H3. The van der Waals surface area contributed by atoms with E-state index < -0.39 is 0 Å². The first-order valence-electron chi connectivity index (χ1n) is 5.76. The number of rotatable bonds is 4. The molecule has 0 aliphatic heterocycles. The number of hydrogen-bond donors (Lipinski definition) is 0. The molecule has 1 aromatic carbocycles. The highest BCUT2D eigenvalue weighted by Crippen LogP contribution is 2.09. The first-order chi connectivity index (χ1) is 8.02. The van der Waals surface area contributed by atoms with Gasteiger partial charge in [0.2, 0.25) is 5.91 Å². The smallest absolute Gasteiger partial charge is 0.222 e. The van der Waals surface area contributed by atoms with Crippen LogP contribution in [0.5, 0.6) is 0 Å². The molecular formula is C14H18N2O. The molecule has 0 fully saturated rings. The van der Waals surface area contributed by atoms with Gasteiger partial charge in [0.15, 0.2) is 0 Å². The van der Waals surface area contributed by atoms with Crippen LogP contribution in [0.2, 0.25) is 0 Å². The van der Waals surface area contributed by atoms with Crippen molar-refractivity contribution in [2.24, 2.45) is 5.92 Å². The van der Waals surface area contributed by atoms with Crippen LogP contribution in [0.1, 0.15) is 31.4 Å². The van der Waals surface area contributed by atoms with Crippen molar-refractivity contribution in [3.05, 3.63) is 35.4 Å². The largest absolute Gasteiger partial charge is 0.341 e. The zero-order chi connectivity index (χ0) is 12.8. The van der Waals surface area contributed by atoms with Crippen LogP contribution in [0.3, 0.4) is 0 Å². The molecule has 0 saturated heterocycles. The van der Waals surface area contributed by atoms with Crippen LogP contribution in [0, 0.1) is 17.2 Å². The number of nitrogens with zero attached hydrogens (tertiary/aromatic N) is 2. The van der Waals surface area contributed by atoms with E-state index in [4.69, 9.17) is 5.26 Å². The Morgan fingerprint density at radius 1 is 1.35 bits per heavy atom. The Hall–Kier alpha value is -1.82. The van der Waals surface area contributed by atoms with Crippen LogP contribution in [0.4, 0.5) is 0 Å². The molecule has 0 aliphatic carbocycles. The van der Waals surface area contributed by atoms with Gasteiger partial charge in [-0.2, -0.15) is 5.26 Å². The third-order valence-electron chi connectivity index (χ3n) is 2.51. The Labute approximate surface area is 103 Å². The highest BCUT2D eigenvalue weighted by atomic mass is 16.2. The van der Waals surface area contributed by atoms with Crippen LogP contribution in [-0.2, 0) is 11.3 Å². The van der Waals surface area contributed by atoms with Gasteiger partial charge in [0, 0.05) is 20.0 Å². The van der Waals surface area contributed by atoms with Gasteiger partial charge in [0.1, 0.15) is 0 Å². The van der Waals surface area contributed by atoms with Gasteiger partial charge in [-0.25, -0.2) is 0 Å². The summed E-state index contributed by atoms with van der Waals surface area (Å²) in [5.41, 5.74) is 1.69. The molecule has 0 atom stereocenters. The van der Waals surface area contributed by atoms with Crippen LogP contribution < -0.4 is 0 Å². The summed E-state index contributed by atoms with van der Waals surface area (Å²) in [6.45, 7) is 4.66. The van der Waals surface area contributed by atoms with Gasteiger partial charge in [-0.05, 0) is 23.6 Å². The zero-order valence-corrected chi connectivity index (χ0v) is 10.6. The lowest BCUT2D eigenvalue weighted by molar-refractivity contribution is -0.131. The van der Waals surface area contributed by atoms with Crippen molar-refractivity contribution in [3.8, 4) is 6.07 Å². The number of benzene rings is 1. The van der Waals surface area contributed by atoms with E-state index in [1.807, 2.05) is 33.0 Å². The highest BCUT2D eigenvalue weighted by Gasteiger charge is 2.10. The predicted octanol–water partition coefficient (Wildman–Crippen LogP) is 2.56. The van der Waals surface area contributed by atoms with Gasteiger partial charge in [0.25, 0.3) is 0 Å². The van der Waals surface area contributed by atoms with E-state index >= 15 is 0 Å². The monoisotopic (exact) mass is 230 g/mol. The van der Waals surface area contributed by atoms with Crippen molar-refractivity contribution >= 4 is 5.91 Å². The maximum absolute atomic E-state index is 11.8. The first-order valence-corrected chi connectivity index (χ1v) is 5.76. The van der Waals surface area contributed by atoms with Gasteiger partial charge in [-0.15, -0.1) is 0 Å². The molecule has 1 aromatic rings. The number of carbonyl (C=O) groups is 1. The average Bonchev–Trinajstić information content (AvgIpc) is 2.29. The van der Waals surface area contributed by atoms with E-state index in [1.165, 1.54) is 0 Å². The highest BCUT2D eigenvalue weighted by molar-refractivity contribution is 5.76. The van der Waals surface area contributed by atoms with E-state index in [2.05, 4.69) is 6.07 Å². The van der Waals surface area contributed by atoms with Gasteiger partial charge in [-0.1, -0.05) is 26.0 Å². The predicted molar refractivity (Wildman–Crippen MR) is 67.1 cm³/mol. The number of carbonyl (C=O) groups excluding carboxylic acids is 1. The zero-order valence-electron chi connectivity index (χ0n) is 10.6. The second kappa shape index (κ2) is 6.05. The lowest BCUT2D eigenvalue weighted by Gasteiger charge is -2.18. The van der Waals surface area contributed by atoms with Crippen LogP contribution >= 0.6 is 0 Å². The quantitative estimate of drug-likeness (QED) is 0.798. The van der Waals surface area contributed by atoms with E-state index in [9.17, 15) is 4.79 Å². The second-order valence-corrected chi connectivity index (χ2v) is 4.66. The topological polar surface area (TPSA) is 44.1 Å². The Kier molecular flexibility index (Phi) is 4.71. The van der Waals surface area contributed by atoms with Crippen molar-refractivity contribution in [1.29, 1.82) is 5.26 Å². The fourth-order valence-electron chi connectivity index (χ4n) is 1.55. The molecule has 17 heavy (non-hydrogen) atoms. The van der Waals surface area contributed by atoms with Crippen molar-refractivity contribution in [3.63, 3.8) is 0 Å². The lowest BCUT2D eigenvalue weighted by Crippen LogP contribution is -2.27. The van der Waals surface area contributed by atoms with Crippen LogP contribution in [-0.4, -0.2) is 17.9 Å². The Bertz CT molecular complexity index is 415. The SMILES string of the molecule is CC(C)CC(=O)N(C)Cc1ccc(C#N)cc1. The minimum atomic E-state index is 0.157. The number of nitriles is 1. The maximum Gasteiger partial charge on any atom is 0.222 e. The van der Waals surface area contributed by atoms with Crippen molar-refractivity contribution < 1.29 is 4.79 Å². The third kappa shape index (κ3) is 4.28. The van der Waals surface area contributed by atoms with Gasteiger partial charge >= 0.3 is 0 Å². The molecule has 0 bridgehead atoms. The number of amides is 1. The minimum Gasteiger partial charge on any atom is -0.341 e. The van der Waals surface area contributed by atoms with Crippen molar-refractivity contribution in [2.45, 2.75) is 26.8 Å². The summed E-state index contributed by atoms with van der Waals surface area (Å²) < 4.78 is 0. The molecule has 0 heterocycles. The minimum absolute atomic E-state index is 0.157. The molecule has 0 radical (unpaired) electrons. The van der Waals surface area contributed by atoms with Crippen LogP contribution in [0.15, 0.2) is 24.3 Å². The molecule has 0 aliphatic rings. The molecule has 3 nitrogen and oxygen atoms in total. The summed E-state index contributed by atoms with van der Waals surface area (Å²) in [5, 5.41) is 8.68. The summed E-state index contributed by atoms with van der Waals surface area (Å²) in [6, 6.07) is 9.40. The van der Waals surface area contributed by atoms with E-state index in [0.29, 0.717) is 24.4 Å². The van der Waals surface area contributed by atoms with Gasteiger partial charge < -0.3 is 4.90 Å². The summed E-state index contributed by atoms with van der Waals surface area (Å²) in [5.74, 6) is 0.537. The van der Waals surface area contributed by atoms with E-state index in [1.54, 1.807) is 17.0 Å². The lowest BCUT2D eigenvalue weighted by atomic mass is 10.1. The first kappa shape index (κ1) is 13.2. The molecular weight excluding hydrogens is 212 g/mol. The van der Waals surface area contributed by atoms with Gasteiger partial charge in [0.05, 0.1) is 11.6 Å². The Morgan fingerprint density at radius 2 is 1.94 bits per heavy atom. The molecule has 90 valence electrons. The summed E-state index contributed by atoms with van der Waals surface area (Å²) >= 11 is 0. The van der Waals surface area contributed by atoms with Crippen molar-refractivity contribution in [2.75, 3.05) is 7.05 Å². The molecule has 0 N–H and O–H groups in total. The average molecular weight is 230 g/mol. The Morgan fingerprint density at radius 3 is 2.41 bits per heavy atom. The third-order valence-corrected chi connectivity index (χ3v) is 2.51. The normalized spacial score (nSPS) is 10.1. The maximum atomic E-state index is 11.8. The van der Waals surface area contributed by atoms with E-state index in [0.717, 1.165) is 5.56 Å². The molecule has 0 spiro atoms. The molecule has 1 amide bonds. The van der Waals surface area contributed by atoms with Crippen LogP contribution in [0.25, 0.3) is 0 Å². The summed E-state index contributed by atoms with van der Waals surface area (Å²) in [4.78, 5) is 13.5. The molecule has 0 aromatic heterocycles. The summed E-state index contributed by atoms with van der Waals surface area (Å²) in [6.07, 6.45) is 0.576. The van der Waals surface area contributed by atoms with Gasteiger partial charge in [-0.3, -0.25) is 4.79 Å². The molecule has 1 rings (SSSR count).